The van der Waals surface area contributed by atoms with Crippen LogP contribution in [0.5, 0.6) is 0 Å². The quantitative estimate of drug-likeness (QED) is 0.757. The van der Waals surface area contributed by atoms with E-state index in [1.807, 2.05) is 23.6 Å². The molecule has 0 radical (unpaired) electrons. The van der Waals surface area contributed by atoms with Crippen LogP contribution in [0.25, 0.3) is 5.65 Å². The van der Waals surface area contributed by atoms with Crippen molar-refractivity contribution in [1.29, 1.82) is 0 Å². The zero-order chi connectivity index (χ0) is 17.6. The highest BCUT2D eigenvalue weighted by molar-refractivity contribution is 6.30. The highest BCUT2D eigenvalue weighted by atomic mass is 35.5. The minimum atomic E-state index is -0.227. The summed E-state index contributed by atoms with van der Waals surface area (Å²) in [7, 11) is 0. The number of carbonyl (C=O) groups excluding carboxylic acids is 2. The van der Waals surface area contributed by atoms with Crippen LogP contribution in [0.15, 0.2) is 24.5 Å². The van der Waals surface area contributed by atoms with Crippen molar-refractivity contribution < 1.29 is 9.59 Å². The van der Waals surface area contributed by atoms with E-state index in [4.69, 9.17) is 11.6 Å². The number of fused-ring (bicyclic) bond motifs is 2. The van der Waals surface area contributed by atoms with Gasteiger partial charge < -0.3 is 14.7 Å². The van der Waals surface area contributed by atoms with Crippen LogP contribution >= 0.6 is 11.6 Å². The summed E-state index contributed by atoms with van der Waals surface area (Å²) in [6, 6.07) is 3.60. The van der Waals surface area contributed by atoms with Crippen molar-refractivity contribution in [2.24, 2.45) is 0 Å². The van der Waals surface area contributed by atoms with Gasteiger partial charge >= 0.3 is 0 Å². The molecule has 0 atom stereocenters. The minimum Gasteiger partial charge on any atom is -0.354 e. The molecule has 1 aliphatic carbocycles. The number of rotatable bonds is 3. The average Bonchev–Trinajstić information content (AvgIpc) is 3.14. The molecule has 128 valence electrons. The number of amides is 1. The van der Waals surface area contributed by atoms with Crippen molar-refractivity contribution in [3.05, 3.63) is 57.8 Å². The molecule has 4 rings (SSSR count). The van der Waals surface area contributed by atoms with Gasteiger partial charge in [0.15, 0.2) is 5.78 Å². The average molecular weight is 357 g/mol. The highest BCUT2D eigenvalue weighted by Crippen LogP contribution is 2.26. The summed E-state index contributed by atoms with van der Waals surface area (Å²) in [6.45, 7) is 2.12. The molecule has 2 N–H and O–H groups in total. The summed E-state index contributed by atoms with van der Waals surface area (Å²) in [6.07, 6.45) is 5.79. The molecule has 0 spiro atoms. The summed E-state index contributed by atoms with van der Waals surface area (Å²) in [4.78, 5) is 32.2. The van der Waals surface area contributed by atoms with Crippen molar-refractivity contribution in [1.82, 2.24) is 19.7 Å². The molecule has 0 unspecified atom stereocenters. The van der Waals surface area contributed by atoms with Gasteiger partial charge in [0.25, 0.3) is 5.91 Å². The molecular formula is C18H17ClN4O2. The second kappa shape index (κ2) is 6.04. The summed E-state index contributed by atoms with van der Waals surface area (Å²) in [5, 5.41) is 3.49. The van der Waals surface area contributed by atoms with Gasteiger partial charge in [0.1, 0.15) is 11.3 Å². The Labute approximate surface area is 149 Å². The minimum absolute atomic E-state index is 0.117. The maximum Gasteiger partial charge on any atom is 0.268 e. The molecule has 1 aliphatic rings. The number of carbonyl (C=O) groups is 2. The molecule has 25 heavy (non-hydrogen) atoms. The molecule has 6 nitrogen and oxygen atoms in total. The van der Waals surface area contributed by atoms with E-state index >= 15 is 0 Å². The number of imidazole rings is 1. The number of nitrogens with zero attached hydrogens (tertiary/aromatic N) is 2. The molecule has 0 saturated carbocycles. The molecular weight excluding hydrogens is 340 g/mol. The Morgan fingerprint density at radius 3 is 3.00 bits per heavy atom. The molecule has 0 saturated heterocycles. The fourth-order valence-corrected chi connectivity index (χ4v) is 3.53. The first-order chi connectivity index (χ1) is 12.0. The van der Waals surface area contributed by atoms with Gasteiger partial charge in [-0.2, -0.15) is 0 Å². The van der Waals surface area contributed by atoms with Crippen LogP contribution in [0.2, 0.25) is 5.02 Å². The molecule has 3 aromatic heterocycles. The lowest BCUT2D eigenvalue weighted by atomic mass is 9.94. The van der Waals surface area contributed by atoms with Crippen LogP contribution < -0.4 is 5.32 Å². The zero-order valence-corrected chi connectivity index (χ0v) is 14.5. The van der Waals surface area contributed by atoms with Gasteiger partial charge in [-0.15, -0.1) is 0 Å². The summed E-state index contributed by atoms with van der Waals surface area (Å²) < 4.78 is 1.82. The first-order valence-corrected chi connectivity index (χ1v) is 8.56. The molecule has 7 heteroatoms. The monoisotopic (exact) mass is 356 g/mol. The topological polar surface area (TPSA) is 79.3 Å². The van der Waals surface area contributed by atoms with Crippen LogP contribution in [0, 0.1) is 6.92 Å². The zero-order valence-electron chi connectivity index (χ0n) is 13.7. The lowest BCUT2D eigenvalue weighted by molar-refractivity contribution is 0.0944. The summed E-state index contributed by atoms with van der Waals surface area (Å²) in [5.41, 5.74) is 4.28. The lowest BCUT2D eigenvalue weighted by Gasteiger charge is -2.09. The van der Waals surface area contributed by atoms with Crippen LogP contribution in [0.3, 0.4) is 0 Å². The van der Waals surface area contributed by atoms with Crippen LogP contribution in [0.1, 0.15) is 50.6 Å². The standard InChI is InChI=1S/C18H17ClN4O2/c1-10-16-13(3-2-4-14(16)24)22-17(10)18(25)20-7-12-9-23-8-11(19)5-6-15(23)21-12/h5-6,8-9,22H,2-4,7H2,1H3,(H,20,25). The van der Waals surface area contributed by atoms with Gasteiger partial charge in [-0.3, -0.25) is 9.59 Å². The van der Waals surface area contributed by atoms with E-state index in [0.29, 0.717) is 29.2 Å². The van der Waals surface area contributed by atoms with E-state index < -0.39 is 0 Å². The van der Waals surface area contributed by atoms with Crippen molar-refractivity contribution in [2.75, 3.05) is 0 Å². The van der Waals surface area contributed by atoms with E-state index in [1.54, 1.807) is 12.3 Å². The Morgan fingerprint density at radius 2 is 2.20 bits per heavy atom. The Bertz CT molecular complexity index is 1000. The van der Waals surface area contributed by atoms with Crippen LogP contribution in [0.4, 0.5) is 0 Å². The summed E-state index contributed by atoms with van der Waals surface area (Å²) in [5.74, 6) is -0.110. The number of hydrogen-bond acceptors (Lipinski definition) is 3. The fourth-order valence-electron chi connectivity index (χ4n) is 3.36. The third-order valence-electron chi connectivity index (χ3n) is 4.56. The summed E-state index contributed by atoms with van der Waals surface area (Å²) >= 11 is 5.96. The number of aromatic nitrogens is 3. The second-order valence-electron chi connectivity index (χ2n) is 6.28. The van der Waals surface area contributed by atoms with Crippen LogP contribution in [-0.2, 0) is 13.0 Å². The van der Waals surface area contributed by atoms with Crippen molar-refractivity contribution in [3.8, 4) is 0 Å². The largest absolute Gasteiger partial charge is 0.354 e. The van der Waals surface area contributed by atoms with E-state index in [9.17, 15) is 9.59 Å². The number of Topliss-reactive ketones (excluding diaryl/α,β-unsaturated/α-hetero) is 1. The normalized spacial score (nSPS) is 13.9. The van der Waals surface area contributed by atoms with E-state index in [1.165, 1.54) is 0 Å². The third-order valence-corrected chi connectivity index (χ3v) is 4.78. The van der Waals surface area contributed by atoms with E-state index in [0.717, 1.165) is 35.4 Å². The number of nitrogens with one attached hydrogen (secondary N) is 2. The van der Waals surface area contributed by atoms with Gasteiger partial charge in [0, 0.05) is 30.1 Å². The molecule has 0 aliphatic heterocycles. The predicted molar refractivity (Wildman–Crippen MR) is 94.2 cm³/mol. The molecule has 0 aromatic carbocycles. The lowest BCUT2D eigenvalue weighted by Crippen LogP contribution is -2.24. The molecule has 0 fully saturated rings. The highest BCUT2D eigenvalue weighted by Gasteiger charge is 2.26. The second-order valence-corrected chi connectivity index (χ2v) is 6.72. The number of H-pyrrole nitrogens is 1. The van der Waals surface area contributed by atoms with Crippen molar-refractivity contribution >= 4 is 28.9 Å². The first kappa shape index (κ1) is 15.9. The Kier molecular flexibility index (Phi) is 3.84. The maximum absolute atomic E-state index is 12.5. The van der Waals surface area contributed by atoms with Gasteiger partial charge in [-0.25, -0.2) is 4.98 Å². The van der Waals surface area contributed by atoms with E-state index in [-0.39, 0.29) is 11.7 Å². The smallest absolute Gasteiger partial charge is 0.268 e. The number of aromatic amines is 1. The van der Waals surface area contributed by atoms with Crippen molar-refractivity contribution in [2.45, 2.75) is 32.7 Å². The molecule has 3 heterocycles. The Hall–Kier alpha value is -2.60. The number of hydrogen-bond donors (Lipinski definition) is 2. The van der Waals surface area contributed by atoms with Gasteiger partial charge in [0.2, 0.25) is 0 Å². The Balaban J connectivity index is 1.53. The van der Waals surface area contributed by atoms with Crippen molar-refractivity contribution in [3.63, 3.8) is 0 Å². The molecule has 0 bridgehead atoms. The molecule has 3 aromatic rings. The SMILES string of the molecule is Cc1c(C(=O)NCc2cn3cc(Cl)ccc3n2)[nH]c2c1C(=O)CCC2. The first-order valence-electron chi connectivity index (χ1n) is 8.19. The van der Waals surface area contributed by atoms with Gasteiger partial charge in [-0.1, -0.05) is 11.6 Å². The number of halogens is 1. The number of ketones is 1. The maximum atomic E-state index is 12.5. The fraction of sp³-hybridized carbons (Fsp3) is 0.278. The third kappa shape index (κ3) is 2.82. The number of pyridine rings is 1. The van der Waals surface area contributed by atoms with Gasteiger partial charge in [0.05, 0.1) is 17.3 Å². The van der Waals surface area contributed by atoms with Gasteiger partial charge in [-0.05, 0) is 37.5 Å². The molecule has 1 amide bonds. The van der Waals surface area contributed by atoms with E-state index in [2.05, 4.69) is 15.3 Å². The predicted octanol–water partition coefficient (Wildman–Crippen LogP) is 3.07. The van der Waals surface area contributed by atoms with Crippen LogP contribution in [-0.4, -0.2) is 26.1 Å². The number of aryl methyl sites for hydroxylation is 1. The Morgan fingerprint density at radius 1 is 1.36 bits per heavy atom.